The second kappa shape index (κ2) is 5.31. The molecule has 1 rings (SSSR count). The maximum atomic E-state index is 10.5. The molecule has 0 bridgehead atoms. The van der Waals surface area contributed by atoms with Crippen molar-refractivity contribution in [2.75, 3.05) is 6.54 Å². The molecule has 0 spiro atoms. The van der Waals surface area contributed by atoms with Gasteiger partial charge in [0.05, 0.1) is 6.54 Å². The van der Waals surface area contributed by atoms with E-state index in [4.69, 9.17) is 5.11 Å². The molecule has 1 unspecified atom stereocenters. The Bertz CT molecular complexity index is 332. The van der Waals surface area contributed by atoms with Gasteiger partial charge in [0.25, 0.3) is 0 Å². The normalized spacial score (nSPS) is 12.3. The van der Waals surface area contributed by atoms with Crippen LogP contribution in [-0.4, -0.2) is 33.4 Å². The van der Waals surface area contributed by atoms with Crippen LogP contribution in [0.1, 0.15) is 6.92 Å². The van der Waals surface area contributed by atoms with Gasteiger partial charge < -0.3 is 10.4 Å². The van der Waals surface area contributed by atoms with Crippen LogP contribution in [0.15, 0.2) is 30.6 Å². The minimum Gasteiger partial charge on any atom is -0.478 e. The maximum absolute atomic E-state index is 10.5. The van der Waals surface area contributed by atoms with Gasteiger partial charge in [-0.05, 0) is 13.0 Å². The van der Waals surface area contributed by atoms with Crippen molar-refractivity contribution in [1.82, 2.24) is 15.1 Å². The molecule has 1 aromatic heterocycles. The van der Waals surface area contributed by atoms with E-state index in [1.54, 1.807) is 10.9 Å². The first-order chi connectivity index (χ1) is 7.09. The third kappa shape index (κ3) is 3.95. The van der Waals surface area contributed by atoms with E-state index in [1.165, 1.54) is 0 Å². The summed E-state index contributed by atoms with van der Waals surface area (Å²) in [6.45, 7) is 6.41. The van der Waals surface area contributed by atoms with Crippen molar-refractivity contribution in [2.45, 2.75) is 19.5 Å². The average molecular weight is 209 g/mol. The first kappa shape index (κ1) is 11.5. The Labute approximate surface area is 88.4 Å². The topological polar surface area (TPSA) is 67.2 Å². The number of carboxylic acids is 1. The number of nitrogens with zero attached hydrogens (tertiary/aromatic N) is 2. The van der Waals surface area contributed by atoms with Crippen molar-refractivity contribution < 1.29 is 9.90 Å². The Morgan fingerprint density at radius 1 is 1.73 bits per heavy atom. The highest BCUT2D eigenvalue weighted by atomic mass is 16.4. The lowest BCUT2D eigenvalue weighted by molar-refractivity contribution is -0.132. The molecule has 1 atom stereocenters. The molecule has 5 nitrogen and oxygen atoms in total. The van der Waals surface area contributed by atoms with E-state index in [0.29, 0.717) is 6.54 Å². The van der Waals surface area contributed by atoms with Gasteiger partial charge in [-0.1, -0.05) is 6.58 Å². The summed E-state index contributed by atoms with van der Waals surface area (Å²) in [5.41, 5.74) is 0.169. The number of nitrogens with one attached hydrogen (secondary N) is 1. The van der Waals surface area contributed by atoms with Gasteiger partial charge in [0.1, 0.15) is 0 Å². The van der Waals surface area contributed by atoms with Crippen LogP contribution in [0.2, 0.25) is 0 Å². The molecule has 0 aliphatic carbocycles. The van der Waals surface area contributed by atoms with Crippen LogP contribution in [-0.2, 0) is 11.3 Å². The minimum absolute atomic E-state index is 0.154. The van der Waals surface area contributed by atoms with E-state index in [0.717, 1.165) is 0 Å². The molecular weight excluding hydrogens is 194 g/mol. The number of carboxylic acid groups (broad SMARTS) is 1. The van der Waals surface area contributed by atoms with Crippen molar-refractivity contribution in [3.8, 4) is 0 Å². The minimum atomic E-state index is -0.964. The third-order valence-electron chi connectivity index (χ3n) is 1.99. The zero-order chi connectivity index (χ0) is 11.3. The second-order valence-electron chi connectivity index (χ2n) is 3.42. The molecule has 82 valence electrons. The highest BCUT2D eigenvalue weighted by Gasteiger charge is 2.06. The van der Waals surface area contributed by atoms with Crippen molar-refractivity contribution in [3.05, 3.63) is 30.6 Å². The Kier molecular flexibility index (Phi) is 4.05. The summed E-state index contributed by atoms with van der Waals surface area (Å²) in [5.74, 6) is -0.964. The molecule has 0 aliphatic heterocycles. The van der Waals surface area contributed by atoms with Crippen LogP contribution < -0.4 is 5.32 Å². The SMILES string of the molecule is C=C(CNC(C)Cn1cccn1)C(=O)O. The number of rotatable bonds is 6. The van der Waals surface area contributed by atoms with Crippen LogP contribution in [0, 0.1) is 0 Å². The van der Waals surface area contributed by atoms with Gasteiger partial charge in [0.15, 0.2) is 0 Å². The lowest BCUT2D eigenvalue weighted by Gasteiger charge is -2.13. The maximum Gasteiger partial charge on any atom is 0.332 e. The van der Waals surface area contributed by atoms with Gasteiger partial charge >= 0.3 is 5.97 Å². The number of carbonyl (C=O) groups is 1. The Morgan fingerprint density at radius 2 is 2.47 bits per heavy atom. The lowest BCUT2D eigenvalue weighted by atomic mass is 10.2. The number of aliphatic carboxylic acids is 1. The smallest absolute Gasteiger partial charge is 0.332 e. The largest absolute Gasteiger partial charge is 0.478 e. The average Bonchev–Trinajstić information content (AvgIpc) is 2.66. The van der Waals surface area contributed by atoms with Crippen molar-refractivity contribution >= 4 is 5.97 Å². The van der Waals surface area contributed by atoms with E-state index in [9.17, 15) is 4.79 Å². The Morgan fingerprint density at radius 3 is 3.00 bits per heavy atom. The summed E-state index contributed by atoms with van der Waals surface area (Å²) in [4.78, 5) is 10.5. The highest BCUT2D eigenvalue weighted by Crippen LogP contribution is 1.93. The quantitative estimate of drug-likeness (QED) is 0.670. The summed E-state index contributed by atoms with van der Waals surface area (Å²) in [6.07, 6.45) is 3.58. The molecule has 0 radical (unpaired) electrons. The fourth-order valence-corrected chi connectivity index (χ4v) is 1.13. The molecule has 0 amide bonds. The van der Waals surface area contributed by atoms with E-state index in [2.05, 4.69) is 17.0 Å². The fourth-order valence-electron chi connectivity index (χ4n) is 1.13. The first-order valence-electron chi connectivity index (χ1n) is 4.71. The predicted octanol–water partition coefficient (Wildman–Crippen LogP) is 0.502. The first-order valence-corrected chi connectivity index (χ1v) is 4.71. The van der Waals surface area contributed by atoms with Gasteiger partial charge in [0.2, 0.25) is 0 Å². The zero-order valence-electron chi connectivity index (χ0n) is 8.68. The summed E-state index contributed by atoms with van der Waals surface area (Å²) < 4.78 is 1.79. The molecule has 1 heterocycles. The van der Waals surface area contributed by atoms with Crippen LogP contribution in [0.4, 0.5) is 0 Å². The van der Waals surface area contributed by atoms with E-state index >= 15 is 0 Å². The number of hydrogen-bond acceptors (Lipinski definition) is 3. The van der Waals surface area contributed by atoms with Crippen LogP contribution in [0.3, 0.4) is 0 Å². The van der Waals surface area contributed by atoms with Gasteiger partial charge in [-0.25, -0.2) is 4.79 Å². The predicted molar refractivity (Wildman–Crippen MR) is 56.5 cm³/mol. The molecule has 0 aromatic carbocycles. The Balaban J connectivity index is 2.28. The molecule has 15 heavy (non-hydrogen) atoms. The Hall–Kier alpha value is -1.62. The summed E-state index contributed by atoms with van der Waals surface area (Å²) in [6, 6.07) is 2.00. The lowest BCUT2D eigenvalue weighted by Crippen LogP contribution is -2.33. The fraction of sp³-hybridized carbons (Fsp3) is 0.400. The van der Waals surface area contributed by atoms with E-state index < -0.39 is 5.97 Å². The molecule has 0 saturated heterocycles. The summed E-state index contributed by atoms with van der Waals surface area (Å²) in [7, 11) is 0. The van der Waals surface area contributed by atoms with Crippen molar-refractivity contribution in [1.29, 1.82) is 0 Å². The number of hydrogen-bond donors (Lipinski definition) is 2. The molecule has 2 N–H and O–H groups in total. The molecule has 0 fully saturated rings. The van der Waals surface area contributed by atoms with E-state index in [-0.39, 0.29) is 18.2 Å². The number of aromatic nitrogens is 2. The van der Waals surface area contributed by atoms with Crippen LogP contribution >= 0.6 is 0 Å². The monoisotopic (exact) mass is 209 g/mol. The second-order valence-corrected chi connectivity index (χ2v) is 3.42. The molecule has 0 saturated carbocycles. The molecular formula is C10H15N3O2. The molecule has 0 aliphatic rings. The van der Waals surface area contributed by atoms with Gasteiger partial charge in [-0.3, -0.25) is 4.68 Å². The summed E-state index contributed by atoms with van der Waals surface area (Å²) in [5, 5.41) is 15.7. The third-order valence-corrected chi connectivity index (χ3v) is 1.99. The summed E-state index contributed by atoms with van der Waals surface area (Å²) >= 11 is 0. The zero-order valence-corrected chi connectivity index (χ0v) is 8.68. The van der Waals surface area contributed by atoms with Crippen LogP contribution in [0.5, 0.6) is 0 Å². The standard InChI is InChI=1S/C10H15N3O2/c1-8(10(14)15)6-11-9(2)7-13-5-3-4-12-13/h3-5,9,11H,1,6-7H2,2H3,(H,14,15). The highest BCUT2D eigenvalue weighted by molar-refractivity contribution is 5.86. The van der Waals surface area contributed by atoms with Crippen molar-refractivity contribution in [2.24, 2.45) is 0 Å². The van der Waals surface area contributed by atoms with Crippen molar-refractivity contribution in [3.63, 3.8) is 0 Å². The van der Waals surface area contributed by atoms with Gasteiger partial charge in [0, 0.05) is 30.6 Å². The molecule has 1 aromatic rings. The van der Waals surface area contributed by atoms with E-state index in [1.807, 2.05) is 19.2 Å². The molecule has 5 heteroatoms. The van der Waals surface area contributed by atoms with Crippen LogP contribution in [0.25, 0.3) is 0 Å². The van der Waals surface area contributed by atoms with Gasteiger partial charge in [-0.15, -0.1) is 0 Å². The van der Waals surface area contributed by atoms with Gasteiger partial charge in [-0.2, -0.15) is 5.10 Å².